The highest BCUT2D eigenvalue weighted by Gasteiger charge is 2.32. The van der Waals surface area contributed by atoms with Gasteiger partial charge >= 0.3 is 0 Å². The Hall–Kier alpha value is -1.55. The summed E-state index contributed by atoms with van der Waals surface area (Å²) in [5, 5.41) is 3.35. The van der Waals surface area contributed by atoms with Crippen LogP contribution in [0.15, 0.2) is 18.2 Å². The maximum absolute atomic E-state index is 12.6. The zero-order chi connectivity index (χ0) is 13.5. The number of piperazine rings is 1. The topological polar surface area (TPSA) is 35.6 Å². The van der Waals surface area contributed by atoms with Gasteiger partial charge in [-0.25, -0.2) is 0 Å². The molecule has 1 saturated heterocycles. The molecule has 0 bridgehead atoms. The molecule has 0 unspecified atom stereocenters. The fourth-order valence-electron chi connectivity index (χ4n) is 3.34. The number of nitrogens with zero attached hydrogens (tertiary/aromatic N) is 2. The number of nitrogens with one attached hydrogen (secondary N) is 1. The van der Waals surface area contributed by atoms with Crippen molar-refractivity contribution in [3.8, 4) is 0 Å². The minimum absolute atomic E-state index is 0.192. The molecular weight excluding hydrogens is 250 g/mol. The second-order valence-electron chi connectivity index (χ2n) is 6.11. The molecule has 1 amide bonds. The lowest BCUT2D eigenvalue weighted by Crippen LogP contribution is -2.49. The molecule has 4 nitrogen and oxygen atoms in total. The fourth-order valence-corrected chi connectivity index (χ4v) is 3.34. The SMILES string of the molecule is O=C(c1ccc2c(c1)NCC2)N1CCN(C2CC2)CC1. The van der Waals surface area contributed by atoms with E-state index in [1.807, 2.05) is 17.0 Å². The molecule has 2 heterocycles. The Morgan fingerprint density at radius 2 is 1.95 bits per heavy atom. The van der Waals surface area contributed by atoms with E-state index in [1.165, 1.54) is 18.4 Å². The third-order valence-corrected chi connectivity index (χ3v) is 4.73. The Morgan fingerprint density at radius 1 is 1.15 bits per heavy atom. The zero-order valence-corrected chi connectivity index (χ0v) is 11.8. The quantitative estimate of drug-likeness (QED) is 0.887. The molecule has 1 aliphatic carbocycles. The first-order chi connectivity index (χ1) is 9.81. The van der Waals surface area contributed by atoms with E-state index in [2.05, 4.69) is 16.3 Å². The van der Waals surface area contributed by atoms with Crippen molar-refractivity contribution < 1.29 is 4.79 Å². The van der Waals surface area contributed by atoms with Crippen LogP contribution in [0, 0.1) is 0 Å². The molecule has 1 aromatic carbocycles. The average molecular weight is 271 g/mol. The highest BCUT2D eigenvalue weighted by atomic mass is 16.2. The van der Waals surface area contributed by atoms with Crippen molar-refractivity contribution in [2.75, 3.05) is 38.0 Å². The number of hydrogen-bond donors (Lipinski definition) is 1. The van der Waals surface area contributed by atoms with Gasteiger partial charge in [0.25, 0.3) is 5.91 Å². The van der Waals surface area contributed by atoms with Crippen molar-refractivity contribution in [1.82, 2.24) is 9.80 Å². The molecule has 0 atom stereocenters. The van der Waals surface area contributed by atoms with Crippen LogP contribution < -0.4 is 5.32 Å². The lowest BCUT2D eigenvalue weighted by atomic mass is 10.1. The molecule has 1 aromatic rings. The van der Waals surface area contributed by atoms with Gasteiger partial charge in [-0.2, -0.15) is 0 Å². The van der Waals surface area contributed by atoms with Crippen LogP contribution in [0.3, 0.4) is 0 Å². The van der Waals surface area contributed by atoms with Gasteiger partial charge in [0.2, 0.25) is 0 Å². The Balaban J connectivity index is 1.44. The number of fused-ring (bicyclic) bond motifs is 1. The summed E-state index contributed by atoms with van der Waals surface area (Å²) in [6.45, 7) is 4.83. The maximum atomic E-state index is 12.6. The highest BCUT2D eigenvalue weighted by molar-refractivity contribution is 5.95. The van der Waals surface area contributed by atoms with Crippen molar-refractivity contribution in [1.29, 1.82) is 0 Å². The van der Waals surface area contributed by atoms with Gasteiger partial charge in [0, 0.05) is 50.0 Å². The molecule has 2 fully saturated rings. The zero-order valence-electron chi connectivity index (χ0n) is 11.8. The van der Waals surface area contributed by atoms with Crippen LogP contribution in [0.25, 0.3) is 0 Å². The largest absolute Gasteiger partial charge is 0.384 e. The summed E-state index contributed by atoms with van der Waals surface area (Å²) < 4.78 is 0. The van der Waals surface area contributed by atoms with Crippen LogP contribution >= 0.6 is 0 Å². The van der Waals surface area contributed by atoms with Crippen molar-refractivity contribution in [3.05, 3.63) is 29.3 Å². The van der Waals surface area contributed by atoms with E-state index < -0.39 is 0 Å². The number of carbonyl (C=O) groups is 1. The lowest BCUT2D eigenvalue weighted by molar-refractivity contribution is 0.0627. The first kappa shape index (κ1) is 12.2. The van der Waals surface area contributed by atoms with Gasteiger partial charge < -0.3 is 10.2 Å². The first-order valence-corrected chi connectivity index (χ1v) is 7.71. The van der Waals surface area contributed by atoms with Crippen molar-refractivity contribution in [3.63, 3.8) is 0 Å². The molecule has 4 rings (SSSR count). The Morgan fingerprint density at radius 3 is 2.70 bits per heavy atom. The Kier molecular flexibility index (Phi) is 2.91. The van der Waals surface area contributed by atoms with Gasteiger partial charge in [-0.3, -0.25) is 9.69 Å². The van der Waals surface area contributed by atoms with Crippen LogP contribution in [0.2, 0.25) is 0 Å². The molecule has 1 saturated carbocycles. The van der Waals surface area contributed by atoms with Crippen LogP contribution in [0.1, 0.15) is 28.8 Å². The molecule has 0 radical (unpaired) electrons. The number of carbonyl (C=O) groups excluding carboxylic acids is 1. The van der Waals surface area contributed by atoms with E-state index >= 15 is 0 Å². The lowest BCUT2D eigenvalue weighted by Gasteiger charge is -2.34. The van der Waals surface area contributed by atoms with Gasteiger partial charge in [0.05, 0.1) is 0 Å². The summed E-state index contributed by atoms with van der Waals surface area (Å²) >= 11 is 0. The number of rotatable bonds is 2. The average Bonchev–Trinajstić information content (AvgIpc) is 3.24. The number of anilines is 1. The van der Waals surface area contributed by atoms with Crippen molar-refractivity contribution >= 4 is 11.6 Å². The minimum atomic E-state index is 0.192. The first-order valence-electron chi connectivity index (χ1n) is 7.71. The molecule has 3 aliphatic rings. The monoisotopic (exact) mass is 271 g/mol. The summed E-state index contributed by atoms with van der Waals surface area (Å²) in [5.74, 6) is 0.192. The fraction of sp³-hybridized carbons (Fsp3) is 0.562. The predicted molar refractivity (Wildman–Crippen MR) is 79.1 cm³/mol. The molecule has 106 valence electrons. The highest BCUT2D eigenvalue weighted by Crippen LogP contribution is 2.28. The van der Waals surface area contributed by atoms with E-state index in [0.717, 1.165) is 56.4 Å². The van der Waals surface area contributed by atoms with Crippen molar-refractivity contribution in [2.45, 2.75) is 25.3 Å². The summed E-state index contributed by atoms with van der Waals surface area (Å²) in [6, 6.07) is 6.93. The number of amides is 1. The second kappa shape index (κ2) is 4.77. The standard InChI is InChI=1S/C16H21N3O/c20-16(13-2-1-12-5-6-17-15(12)11-13)19-9-7-18(8-10-19)14-3-4-14/h1-2,11,14,17H,3-10H2. The van der Waals surface area contributed by atoms with Crippen LogP contribution in [0.5, 0.6) is 0 Å². The van der Waals surface area contributed by atoms with Crippen LogP contribution in [-0.2, 0) is 6.42 Å². The molecule has 0 spiro atoms. The third kappa shape index (κ3) is 2.18. The van der Waals surface area contributed by atoms with E-state index in [9.17, 15) is 4.79 Å². The summed E-state index contributed by atoms with van der Waals surface area (Å²) in [5.41, 5.74) is 3.31. The Labute approximate surface area is 119 Å². The van der Waals surface area contributed by atoms with Crippen molar-refractivity contribution in [2.24, 2.45) is 0 Å². The maximum Gasteiger partial charge on any atom is 0.254 e. The smallest absolute Gasteiger partial charge is 0.254 e. The van der Waals surface area contributed by atoms with E-state index in [-0.39, 0.29) is 5.91 Å². The molecule has 4 heteroatoms. The normalized spacial score (nSPS) is 22.5. The summed E-state index contributed by atoms with van der Waals surface area (Å²) in [6.07, 6.45) is 3.78. The summed E-state index contributed by atoms with van der Waals surface area (Å²) in [4.78, 5) is 17.1. The molecule has 0 aromatic heterocycles. The van der Waals surface area contributed by atoms with Crippen LogP contribution in [-0.4, -0.2) is 54.5 Å². The minimum Gasteiger partial charge on any atom is -0.384 e. The van der Waals surface area contributed by atoms with Gasteiger partial charge in [-0.1, -0.05) is 6.07 Å². The second-order valence-corrected chi connectivity index (χ2v) is 6.11. The van der Waals surface area contributed by atoms with Gasteiger partial charge in [0.15, 0.2) is 0 Å². The molecule has 20 heavy (non-hydrogen) atoms. The summed E-state index contributed by atoms with van der Waals surface area (Å²) in [7, 11) is 0. The van der Waals surface area contributed by atoms with E-state index in [1.54, 1.807) is 0 Å². The third-order valence-electron chi connectivity index (χ3n) is 4.73. The number of benzene rings is 1. The van der Waals surface area contributed by atoms with Gasteiger partial charge in [-0.15, -0.1) is 0 Å². The molecule has 1 N–H and O–H groups in total. The number of hydrogen-bond acceptors (Lipinski definition) is 3. The predicted octanol–water partition coefficient (Wildman–Crippen LogP) is 1.57. The van der Waals surface area contributed by atoms with E-state index in [0.29, 0.717) is 0 Å². The Bertz CT molecular complexity index is 531. The van der Waals surface area contributed by atoms with Gasteiger partial charge in [-0.05, 0) is 37.0 Å². The van der Waals surface area contributed by atoms with Gasteiger partial charge in [0.1, 0.15) is 0 Å². The molecular formula is C16H21N3O. The van der Waals surface area contributed by atoms with Crippen LogP contribution in [0.4, 0.5) is 5.69 Å². The van der Waals surface area contributed by atoms with E-state index in [4.69, 9.17) is 0 Å². The molecule has 2 aliphatic heterocycles.